The third-order valence-electron chi connectivity index (χ3n) is 0.888. The second-order valence-corrected chi connectivity index (χ2v) is 1.50. The maximum atomic E-state index is 8.64. The van der Waals surface area contributed by atoms with Gasteiger partial charge < -0.3 is 5.11 Å². The van der Waals surface area contributed by atoms with Crippen LogP contribution in [-0.4, -0.2) is 11.2 Å². The molecular formula is C5H7O. The molecule has 0 amide bonds. The van der Waals surface area contributed by atoms with Crippen LogP contribution in [-0.2, 0) is 0 Å². The molecule has 0 bridgehead atoms. The van der Waals surface area contributed by atoms with Gasteiger partial charge in [-0.25, -0.2) is 0 Å². The van der Waals surface area contributed by atoms with Crippen LogP contribution in [0.15, 0.2) is 6.08 Å². The van der Waals surface area contributed by atoms with Crippen molar-refractivity contribution < 1.29 is 5.11 Å². The molecule has 0 saturated heterocycles. The zero-order chi connectivity index (χ0) is 4.41. The van der Waals surface area contributed by atoms with Crippen LogP contribution >= 0.6 is 0 Å². The van der Waals surface area contributed by atoms with Crippen molar-refractivity contribution in [3.05, 3.63) is 12.2 Å². The molecule has 0 unspecified atom stereocenters. The topological polar surface area (TPSA) is 20.2 Å². The summed E-state index contributed by atoms with van der Waals surface area (Å²) >= 11 is 0. The largest absolute Gasteiger partial charge is 0.392 e. The highest BCUT2D eigenvalue weighted by molar-refractivity contribution is 4.87. The zero-order valence-electron chi connectivity index (χ0n) is 3.52. The van der Waals surface area contributed by atoms with Gasteiger partial charge in [0, 0.05) is 0 Å². The average Bonchev–Trinajstić information content (AvgIpc) is 1.86. The Morgan fingerprint density at radius 3 is 2.83 bits per heavy atom. The van der Waals surface area contributed by atoms with E-state index in [4.69, 9.17) is 5.11 Å². The smallest absolute Gasteiger partial charge is 0.0615 e. The number of hydrogen-bond donors (Lipinski definition) is 1. The Hall–Kier alpha value is -0.300. The lowest BCUT2D eigenvalue weighted by molar-refractivity contribution is 0.188. The molecule has 1 atom stereocenters. The molecule has 0 aromatic heterocycles. The monoisotopic (exact) mass is 83.0 g/mol. The fourth-order valence-corrected chi connectivity index (χ4v) is 0.522. The number of aliphatic hydroxyl groups is 1. The first-order valence-electron chi connectivity index (χ1n) is 2.13. The molecule has 0 aliphatic heterocycles. The van der Waals surface area contributed by atoms with Crippen molar-refractivity contribution in [3.8, 4) is 0 Å². The van der Waals surface area contributed by atoms with Gasteiger partial charge in [-0.1, -0.05) is 6.08 Å². The van der Waals surface area contributed by atoms with E-state index in [0.29, 0.717) is 0 Å². The Bertz CT molecular complexity index is 58.3. The van der Waals surface area contributed by atoms with Gasteiger partial charge in [-0.05, 0) is 18.9 Å². The molecule has 0 heterocycles. The quantitative estimate of drug-likeness (QED) is 0.452. The van der Waals surface area contributed by atoms with Crippen molar-refractivity contribution >= 4 is 0 Å². The van der Waals surface area contributed by atoms with Gasteiger partial charge in [-0.2, -0.15) is 0 Å². The van der Waals surface area contributed by atoms with Crippen molar-refractivity contribution in [3.63, 3.8) is 0 Å². The fraction of sp³-hybridized carbons (Fsp3) is 0.600. The van der Waals surface area contributed by atoms with Crippen LogP contribution in [0.5, 0.6) is 0 Å². The Labute approximate surface area is 37.3 Å². The van der Waals surface area contributed by atoms with Gasteiger partial charge in [0.2, 0.25) is 0 Å². The molecule has 1 aliphatic carbocycles. The lowest BCUT2D eigenvalue weighted by Crippen LogP contribution is -1.95. The van der Waals surface area contributed by atoms with Gasteiger partial charge in [0.1, 0.15) is 0 Å². The summed E-state index contributed by atoms with van der Waals surface area (Å²) in [5, 5.41) is 8.64. The van der Waals surface area contributed by atoms with Crippen molar-refractivity contribution in [1.82, 2.24) is 0 Å². The van der Waals surface area contributed by atoms with Crippen LogP contribution in [0.3, 0.4) is 0 Å². The molecule has 6 heavy (non-hydrogen) atoms. The van der Waals surface area contributed by atoms with Crippen LogP contribution in [0.2, 0.25) is 0 Å². The molecule has 1 radical (unpaired) electrons. The van der Waals surface area contributed by atoms with E-state index in [0.717, 1.165) is 12.8 Å². The molecule has 1 aliphatic rings. The maximum absolute atomic E-state index is 8.64. The van der Waals surface area contributed by atoms with Crippen molar-refractivity contribution in [1.29, 1.82) is 0 Å². The highest BCUT2D eigenvalue weighted by atomic mass is 16.3. The van der Waals surface area contributed by atoms with Crippen molar-refractivity contribution in [2.75, 3.05) is 0 Å². The molecule has 0 saturated carbocycles. The van der Waals surface area contributed by atoms with Crippen molar-refractivity contribution in [2.24, 2.45) is 0 Å². The van der Waals surface area contributed by atoms with E-state index in [1.165, 1.54) is 0 Å². The molecule has 0 fully saturated rings. The predicted molar refractivity (Wildman–Crippen MR) is 23.1 cm³/mol. The summed E-state index contributed by atoms with van der Waals surface area (Å²) < 4.78 is 0. The Morgan fingerprint density at radius 2 is 2.67 bits per heavy atom. The van der Waals surface area contributed by atoms with Crippen LogP contribution in [0.1, 0.15) is 12.8 Å². The molecule has 0 aromatic rings. The molecule has 1 nitrogen and oxygen atoms in total. The summed E-state index contributed by atoms with van der Waals surface area (Å²) in [7, 11) is 0. The van der Waals surface area contributed by atoms with Gasteiger partial charge in [-0.15, -0.1) is 0 Å². The van der Waals surface area contributed by atoms with E-state index in [2.05, 4.69) is 6.08 Å². The van der Waals surface area contributed by atoms with E-state index < -0.39 is 0 Å². The van der Waals surface area contributed by atoms with Crippen molar-refractivity contribution in [2.45, 2.75) is 18.9 Å². The summed E-state index contributed by atoms with van der Waals surface area (Å²) in [6.07, 6.45) is 6.20. The van der Waals surface area contributed by atoms with Gasteiger partial charge >= 0.3 is 0 Å². The van der Waals surface area contributed by atoms with E-state index in [-0.39, 0.29) is 6.10 Å². The second-order valence-electron chi connectivity index (χ2n) is 1.50. The first-order valence-corrected chi connectivity index (χ1v) is 2.13. The molecular weight excluding hydrogens is 76.1 g/mol. The van der Waals surface area contributed by atoms with Crippen LogP contribution in [0, 0.1) is 6.08 Å². The molecule has 33 valence electrons. The lowest BCUT2D eigenvalue weighted by Gasteiger charge is -1.91. The van der Waals surface area contributed by atoms with Crippen LogP contribution in [0.4, 0.5) is 0 Å². The Balaban J connectivity index is 2.32. The summed E-state index contributed by atoms with van der Waals surface area (Å²) in [6, 6.07) is 0. The molecule has 1 rings (SSSR count). The Kier molecular flexibility index (Phi) is 0.926. The summed E-state index contributed by atoms with van der Waals surface area (Å²) in [5.74, 6) is 0. The fourth-order valence-electron chi connectivity index (χ4n) is 0.522. The van der Waals surface area contributed by atoms with Gasteiger partial charge in [-0.3, -0.25) is 0 Å². The summed E-state index contributed by atoms with van der Waals surface area (Å²) in [5.41, 5.74) is 0. The number of aliphatic hydroxyl groups excluding tert-OH is 1. The van der Waals surface area contributed by atoms with Crippen LogP contribution < -0.4 is 0 Å². The minimum absolute atomic E-state index is 0.120. The van der Waals surface area contributed by atoms with E-state index in [1.54, 1.807) is 0 Å². The second kappa shape index (κ2) is 1.43. The van der Waals surface area contributed by atoms with E-state index in [1.807, 2.05) is 6.08 Å². The highest BCUT2D eigenvalue weighted by Gasteiger charge is 2.02. The number of hydrogen-bond acceptors (Lipinski definition) is 1. The highest BCUT2D eigenvalue weighted by Crippen LogP contribution is 2.05. The minimum atomic E-state index is -0.120. The molecule has 1 heteroatoms. The molecule has 1 N–H and O–H groups in total. The van der Waals surface area contributed by atoms with Gasteiger partial charge in [0.15, 0.2) is 0 Å². The first-order chi connectivity index (χ1) is 2.89. The van der Waals surface area contributed by atoms with Gasteiger partial charge in [0.25, 0.3) is 0 Å². The summed E-state index contributed by atoms with van der Waals surface area (Å²) in [4.78, 5) is 0. The lowest BCUT2D eigenvalue weighted by atomic mass is 10.3. The Morgan fingerprint density at radius 1 is 1.83 bits per heavy atom. The average molecular weight is 83.1 g/mol. The SMILES string of the molecule is O[C@@H]1C[C]=CC1. The standard InChI is InChI=1S/C5H7O/c6-5-3-1-2-4-5/h1,5-6H,3-4H2/t5-/m0/s1. The third kappa shape index (κ3) is 0.601. The first kappa shape index (κ1) is 3.88. The normalized spacial score (nSPS) is 22.8. The summed E-state index contributed by atoms with van der Waals surface area (Å²) in [6.45, 7) is 0. The van der Waals surface area contributed by atoms with Crippen LogP contribution in [0.25, 0.3) is 0 Å². The molecule has 0 spiro atoms. The zero-order valence-corrected chi connectivity index (χ0v) is 3.52. The number of rotatable bonds is 0. The van der Waals surface area contributed by atoms with Gasteiger partial charge in [0.05, 0.1) is 6.10 Å². The molecule has 0 aromatic carbocycles. The predicted octanol–water partition coefficient (Wildman–Crippen LogP) is 0.500. The maximum Gasteiger partial charge on any atom is 0.0615 e. The third-order valence-corrected chi connectivity index (χ3v) is 0.888. The van der Waals surface area contributed by atoms with E-state index in [9.17, 15) is 0 Å². The van der Waals surface area contributed by atoms with E-state index >= 15 is 0 Å². The minimum Gasteiger partial charge on any atom is -0.392 e.